The van der Waals surface area contributed by atoms with Gasteiger partial charge in [0.25, 0.3) is 15.7 Å². The maximum atomic E-state index is 14.7. The lowest BCUT2D eigenvalue weighted by Crippen LogP contribution is -2.53. The van der Waals surface area contributed by atoms with Crippen molar-refractivity contribution >= 4 is 68.0 Å². The van der Waals surface area contributed by atoms with Crippen LogP contribution in [0.5, 0.6) is 5.75 Å². The summed E-state index contributed by atoms with van der Waals surface area (Å²) in [6, 6.07) is 20.3. The van der Waals surface area contributed by atoms with Crippen LogP contribution in [0, 0.1) is 17.0 Å². The number of carbonyl (C=O) groups is 2. The molecule has 0 aromatic heterocycles. The predicted octanol–water partition coefficient (Wildman–Crippen LogP) is 6.84. The lowest BCUT2D eigenvalue weighted by molar-refractivity contribution is -0.385. The van der Waals surface area contributed by atoms with Crippen LogP contribution in [0.15, 0.2) is 89.8 Å². The van der Waals surface area contributed by atoms with E-state index in [0.717, 1.165) is 15.9 Å². The molecule has 0 unspecified atom stereocenters. The quantitative estimate of drug-likeness (QED) is 0.110. The summed E-state index contributed by atoms with van der Waals surface area (Å²) >= 11 is 19.4. The smallest absolute Gasteiger partial charge is 0.273 e. The first-order chi connectivity index (χ1) is 23.3. The molecule has 49 heavy (non-hydrogen) atoms. The van der Waals surface area contributed by atoms with Gasteiger partial charge in [0.1, 0.15) is 18.3 Å². The van der Waals surface area contributed by atoms with Crippen LogP contribution in [0.2, 0.25) is 15.1 Å². The summed E-state index contributed by atoms with van der Waals surface area (Å²) < 4.78 is 35.1. The number of aryl methyl sites for hydroxylation is 1. The van der Waals surface area contributed by atoms with Gasteiger partial charge in [-0.1, -0.05) is 77.3 Å². The topological polar surface area (TPSA) is 139 Å². The third kappa shape index (κ3) is 8.82. The van der Waals surface area contributed by atoms with Crippen molar-refractivity contribution in [3.63, 3.8) is 0 Å². The van der Waals surface area contributed by atoms with Gasteiger partial charge in [0.2, 0.25) is 11.8 Å². The number of nitro benzene ring substituents is 1. The first kappa shape index (κ1) is 37.5. The van der Waals surface area contributed by atoms with E-state index >= 15 is 0 Å². The zero-order valence-corrected chi connectivity index (χ0v) is 29.8. The number of sulfonamides is 1. The van der Waals surface area contributed by atoms with Gasteiger partial charge in [-0.15, -0.1) is 0 Å². The number of nitro groups is 1. The number of anilines is 1. The number of halogens is 3. The van der Waals surface area contributed by atoms with E-state index in [0.29, 0.717) is 5.56 Å². The van der Waals surface area contributed by atoms with Gasteiger partial charge >= 0.3 is 0 Å². The molecule has 0 aliphatic heterocycles. The first-order valence-corrected chi connectivity index (χ1v) is 17.5. The second kappa shape index (κ2) is 16.4. The summed E-state index contributed by atoms with van der Waals surface area (Å²) in [5.41, 5.74) is 0.764. The van der Waals surface area contributed by atoms with E-state index in [2.05, 4.69) is 5.32 Å². The lowest BCUT2D eigenvalue weighted by Gasteiger charge is -2.34. The minimum absolute atomic E-state index is 0.0487. The highest BCUT2D eigenvalue weighted by atomic mass is 35.5. The van der Waals surface area contributed by atoms with Gasteiger partial charge in [0.15, 0.2) is 0 Å². The summed E-state index contributed by atoms with van der Waals surface area (Å²) in [7, 11) is -3.41. The molecule has 0 saturated carbocycles. The van der Waals surface area contributed by atoms with Crippen LogP contribution in [0.3, 0.4) is 0 Å². The lowest BCUT2D eigenvalue weighted by atomic mass is 10.0. The van der Waals surface area contributed by atoms with Crippen LogP contribution < -0.4 is 14.4 Å². The number of hydrogen-bond acceptors (Lipinski definition) is 7. The van der Waals surface area contributed by atoms with Crippen molar-refractivity contribution in [2.75, 3.05) is 24.5 Å². The van der Waals surface area contributed by atoms with Crippen molar-refractivity contribution in [3.05, 3.63) is 127 Å². The number of likely N-dealkylation sites (N-methyl/N-ethyl adjacent to an activating group) is 1. The molecule has 0 aliphatic rings. The molecule has 0 aliphatic carbocycles. The fourth-order valence-electron chi connectivity index (χ4n) is 5.14. The highest BCUT2D eigenvalue weighted by Gasteiger charge is 2.36. The van der Waals surface area contributed by atoms with E-state index < -0.39 is 49.9 Å². The van der Waals surface area contributed by atoms with Gasteiger partial charge in [0, 0.05) is 51.8 Å². The molecular weight excluding hydrogens is 715 g/mol. The van der Waals surface area contributed by atoms with Gasteiger partial charge in [0.05, 0.1) is 22.6 Å². The molecule has 0 bridgehead atoms. The number of amides is 2. The Morgan fingerprint density at radius 2 is 1.63 bits per heavy atom. The minimum Gasteiger partial charge on any atom is -0.495 e. The Balaban J connectivity index is 1.92. The molecule has 11 nitrogen and oxygen atoms in total. The van der Waals surface area contributed by atoms with Crippen molar-refractivity contribution in [1.29, 1.82) is 0 Å². The number of nitrogens with one attached hydrogen (secondary N) is 1. The largest absolute Gasteiger partial charge is 0.495 e. The maximum absolute atomic E-state index is 14.7. The van der Waals surface area contributed by atoms with Crippen LogP contribution in [0.1, 0.15) is 23.6 Å². The molecule has 15 heteroatoms. The number of benzene rings is 4. The number of rotatable bonds is 14. The normalized spacial score (nSPS) is 11.8. The number of ether oxygens (including phenoxy) is 1. The highest BCUT2D eigenvalue weighted by Crippen LogP contribution is 2.36. The van der Waals surface area contributed by atoms with E-state index in [1.54, 1.807) is 49.4 Å². The Morgan fingerprint density at radius 1 is 0.959 bits per heavy atom. The summed E-state index contributed by atoms with van der Waals surface area (Å²) in [5.74, 6) is -1.25. The molecule has 0 heterocycles. The average molecular weight is 748 g/mol. The van der Waals surface area contributed by atoms with Crippen LogP contribution in [-0.4, -0.2) is 56.3 Å². The second-order valence-corrected chi connectivity index (χ2v) is 14.0. The van der Waals surface area contributed by atoms with E-state index in [1.165, 1.54) is 49.3 Å². The van der Waals surface area contributed by atoms with Gasteiger partial charge in [-0.05, 0) is 55.8 Å². The van der Waals surface area contributed by atoms with Crippen molar-refractivity contribution in [2.24, 2.45) is 0 Å². The zero-order valence-electron chi connectivity index (χ0n) is 26.7. The van der Waals surface area contributed by atoms with Crippen LogP contribution >= 0.6 is 34.8 Å². The van der Waals surface area contributed by atoms with Gasteiger partial charge in [-0.25, -0.2) is 8.42 Å². The van der Waals surface area contributed by atoms with Crippen molar-refractivity contribution in [3.8, 4) is 5.75 Å². The number of nitrogens with zero attached hydrogens (tertiary/aromatic N) is 3. The van der Waals surface area contributed by atoms with E-state index in [1.807, 2.05) is 6.07 Å². The van der Waals surface area contributed by atoms with Crippen LogP contribution in [0.4, 0.5) is 11.4 Å². The highest BCUT2D eigenvalue weighted by molar-refractivity contribution is 7.92. The van der Waals surface area contributed by atoms with Gasteiger partial charge < -0.3 is 15.0 Å². The van der Waals surface area contributed by atoms with Crippen LogP contribution in [0.25, 0.3) is 0 Å². The minimum atomic E-state index is -4.72. The summed E-state index contributed by atoms with van der Waals surface area (Å²) in [4.78, 5) is 40.2. The Bertz CT molecular complexity index is 1940. The third-order valence-corrected chi connectivity index (χ3v) is 10.4. The molecule has 0 radical (unpaired) electrons. The summed E-state index contributed by atoms with van der Waals surface area (Å²) in [6.45, 7) is 2.33. The fourth-order valence-corrected chi connectivity index (χ4v) is 7.27. The molecule has 1 atom stereocenters. The Hall–Kier alpha value is -4.36. The van der Waals surface area contributed by atoms with E-state index in [4.69, 9.17) is 39.5 Å². The molecule has 4 aromatic carbocycles. The Morgan fingerprint density at radius 3 is 2.24 bits per heavy atom. The molecule has 4 aromatic rings. The Kier molecular flexibility index (Phi) is 12.5. The van der Waals surface area contributed by atoms with Gasteiger partial charge in [-0.3, -0.25) is 24.0 Å². The molecule has 2 amide bonds. The molecule has 0 fully saturated rings. The molecule has 0 spiro atoms. The van der Waals surface area contributed by atoms with Crippen molar-refractivity contribution in [1.82, 2.24) is 10.2 Å². The second-order valence-electron chi connectivity index (χ2n) is 10.9. The predicted molar refractivity (Wildman–Crippen MR) is 190 cm³/mol. The van der Waals surface area contributed by atoms with E-state index in [-0.39, 0.29) is 51.6 Å². The molecule has 258 valence electrons. The number of methoxy groups -OCH3 is 1. The molecule has 4 rings (SSSR count). The maximum Gasteiger partial charge on any atom is 0.273 e. The van der Waals surface area contributed by atoms with Crippen LogP contribution in [-0.2, 0) is 32.6 Å². The standard InChI is InChI=1S/C34H33Cl3N4O7S/c1-4-38-34(43)31(17-23-9-6-5-7-10-23)39(20-26-27(36)11-8-12-28(26)37)33(42)21-40(30-18-24(35)14-16-32(30)48-3)49(46,47)25-15-13-22(2)29(19-25)41(44)45/h5-16,18-19,31H,4,17,20-21H2,1-3H3,(H,38,43)/t31-/m0/s1. The monoisotopic (exact) mass is 746 g/mol. The molecule has 0 saturated heterocycles. The average Bonchev–Trinajstić information content (AvgIpc) is 3.06. The SMILES string of the molecule is CCNC(=O)[C@H](Cc1ccccc1)N(Cc1c(Cl)cccc1Cl)C(=O)CN(c1cc(Cl)ccc1OC)S(=O)(=O)c1ccc(C)c([N+](=O)[O-])c1. The zero-order chi connectivity index (χ0) is 35.9. The summed E-state index contributed by atoms with van der Waals surface area (Å²) in [5, 5.41) is 15.1. The number of carbonyl (C=O) groups excluding carboxylic acids is 2. The van der Waals surface area contributed by atoms with Crippen molar-refractivity contribution in [2.45, 2.75) is 37.8 Å². The third-order valence-electron chi connectivity index (χ3n) is 7.67. The number of hydrogen-bond donors (Lipinski definition) is 1. The van der Waals surface area contributed by atoms with Gasteiger partial charge in [-0.2, -0.15) is 0 Å². The summed E-state index contributed by atoms with van der Waals surface area (Å²) in [6.07, 6.45) is 0.0673. The van der Waals surface area contributed by atoms with Crippen molar-refractivity contribution < 1.29 is 27.7 Å². The fraction of sp³-hybridized carbons (Fsp3) is 0.235. The van der Waals surface area contributed by atoms with E-state index in [9.17, 15) is 28.1 Å². The first-order valence-electron chi connectivity index (χ1n) is 14.9. The molecule has 1 N–H and O–H groups in total. The molecular formula is C34H33Cl3N4O7S. The Labute approximate surface area is 299 Å².